The molecule has 6 heteroatoms. The molecule has 0 spiro atoms. The molecule has 3 unspecified atom stereocenters. The summed E-state index contributed by atoms with van der Waals surface area (Å²) in [7, 11) is 0. The van der Waals surface area contributed by atoms with Crippen molar-refractivity contribution in [3.05, 3.63) is 0 Å². The summed E-state index contributed by atoms with van der Waals surface area (Å²) in [5.41, 5.74) is 0. The third-order valence-electron chi connectivity index (χ3n) is 11.6. The Balaban J connectivity index is 4.37. The molecule has 55 heavy (non-hydrogen) atoms. The molecule has 0 heterocycles. The lowest BCUT2D eigenvalue weighted by molar-refractivity contribution is 0.158. The first kappa shape index (κ1) is 54.2. The van der Waals surface area contributed by atoms with Gasteiger partial charge in [0.2, 0.25) is 0 Å². The molecular formula is C49H101N3O3. The zero-order valence-electron chi connectivity index (χ0n) is 37.7. The fraction of sp³-hybridized carbons (Fsp3) is 0.980. The second kappa shape index (κ2) is 45.8. The third-order valence-corrected chi connectivity index (χ3v) is 11.6. The van der Waals surface area contributed by atoms with Crippen LogP contribution in [0.5, 0.6) is 0 Å². The van der Waals surface area contributed by atoms with E-state index in [2.05, 4.69) is 31.4 Å². The standard InChI is InChI=1S/C49H101N3O3/c1-4-7-10-13-16-19-22-25-28-31-34-37-40-46(53)43-50-49(51-44-47(54)41-38-35-32-29-26-23-20-17-14-11-8-5-2)52-45-48(55)42-39-36-33-30-27-24-21-18-15-12-9-6-3/h46-48,53-55H,4-45H2,1-3H3,(H2,50,51,52). The number of aliphatic hydroxyl groups is 3. The third kappa shape index (κ3) is 44.1. The van der Waals surface area contributed by atoms with Crippen LogP contribution < -0.4 is 10.6 Å². The molecule has 0 aliphatic carbocycles. The van der Waals surface area contributed by atoms with Gasteiger partial charge in [0.25, 0.3) is 0 Å². The summed E-state index contributed by atoms with van der Waals surface area (Å²) < 4.78 is 0. The molecule has 0 saturated heterocycles. The zero-order chi connectivity index (χ0) is 40.1. The predicted octanol–water partition coefficient (Wildman–Crippen LogP) is 13.9. The van der Waals surface area contributed by atoms with E-state index in [-0.39, 0.29) is 0 Å². The van der Waals surface area contributed by atoms with Crippen LogP contribution in [0, 0.1) is 0 Å². The maximum Gasteiger partial charge on any atom is 0.191 e. The highest BCUT2D eigenvalue weighted by atomic mass is 16.3. The van der Waals surface area contributed by atoms with E-state index in [0.29, 0.717) is 25.6 Å². The highest BCUT2D eigenvalue weighted by Gasteiger charge is 2.11. The number of guanidine groups is 1. The number of hydrogen-bond acceptors (Lipinski definition) is 4. The minimum absolute atomic E-state index is 0.344. The van der Waals surface area contributed by atoms with E-state index in [0.717, 1.165) is 38.5 Å². The van der Waals surface area contributed by atoms with Crippen molar-refractivity contribution in [2.45, 2.75) is 289 Å². The van der Waals surface area contributed by atoms with Gasteiger partial charge >= 0.3 is 0 Å². The van der Waals surface area contributed by atoms with Gasteiger partial charge in [-0.25, -0.2) is 0 Å². The predicted molar refractivity (Wildman–Crippen MR) is 243 cm³/mol. The lowest BCUT2D eigenvalue weighted by Gasteiger charge is -2.18. The summed E-state index contributed by atoms with van der Waals surface area (Å²) in [6, 6.07) is 0. The molecule has 0 amide bonds. The van der Waals surface area contributed by atoms with Crippen molar-refractivity contribution in [1.29, 1.82) is 0 Å². The first-order chi connectivity index (χ1) is 27.0. The molecular weight excluding hydrogens is 679 g/mol. The highest BCUT2D eigenvalue weighted by Crippen LogP contribution is 2.16. The number of aliphatic hydroxyl groups excluding tert-OH is 3. The Morgan fingerprint density at radius 3 is 0.800 bits per heavy atom. The Kier molecular flexibility index (Phi) is 45.1. The molecule has 0 aromatic carbocycles. The molecule has 0 radical (unpaired) electrons. The molecule has 0 bridgehead atoms. The number of rotatable bonds is 45. The van der Waals surface area contributed by atoms with Crippen LogP contribution >= 0.6 is 0 Å². The van der Waals surface area contributed by atoms with Crippen LogP contribution in [-0.4, -0.2) is 59.2 Å². The quantitative estimate of drug-likeness (QED) is 0.0241. The minimum atomic E-state index is -0.460. The van der Waals surface area contributed by atoms with Crippen molar-refractivity contribution < 1.29 is 15.3 Å². The average Bonchev–Trinajstić information content (AvgIpc) is 3.18. The van der Waals surface area contributed by atoms with Crippen LogP contribution in [-0.2, 0) is 0 Å². The Hall–Kier alpha value is -0.850. The molecule has 0 aliphatic heterocycles. The summed E-state index contributed by atoms with van der Waals surface area (Å²) in [5.74, 6) is 0.594. The number of unbranched alkanes of at least 4 members (excludes halogenated alkanes) is 33. The van der Waals surface area contributed by atoms with Gasteiger partial charge in [0.15, 0.2) is 5.96 Å². The molecule has 0 aromatic heterocycles. The van der Waals surface area contributed by atoms with Gasteiger partial charge in [0.1, 0.15) is 0 Å². The van der Waals surface area contributed by atoms with Crippen LogP contribution in [0.4, 0.5) is 0 Å². The van der Waals surface area contributed by atoms with Crippen LogP contribution in [0.15, 0.2) is 4.99 Å². The SMILES string of the molecule is CCCCCCCCCCCCCCC(O)CN=C(NCC(O)CCCCCCCCCCCCCC)NCC(O)CCCCCCCCCCCCCC. The summed E-state index contributed by atoms with van der Waals surface area (Å²) in [6.07, 6.45) is 48.5. The summed E-state index contributed by atoms with van der Waals surface area (Å²) in [5, 5.41) is 38.8. The molecule has 3 atom stereocenters. The van der Waals surface area contributed by atoms with E-state index >= 15 is 0 Å². The number of aliphatic imine (C=N–C) groups is 1. The van der Waals surface area contributed by atoms with Crippen LogP contribution in [0.3, 0.4) is 0 Å². The minimum Gasteiger partial charge on any atom is -0.391 e. The Morgan fingerprint density at radius 2 is 0.545 bits per heavy atom. The topological polar surface area (TPSA) is 97.1 Å². The van der Waals surface area contributed by atoms with Gasteiger partial charge in [-0.05, 0) is 19.3 Å². The van der Waals surface area contributed by atoms with Gasteiger partial charge in [-0.1, -0.05) is 252 Å². The van der Waals surface area contributed by atoms with Crippen LogP contribution in [0.1, 0.15) is 271 Å². The first-order valence-corrected chi connectivity index (χ1v) is 25.1. The molecule has 0 aliphatic rings. The van der Waals surface area contributed by atoms with E-state index in [9.17, 15) is 15.3 Å². The second-order valence-corrected chi connectivity index (χ2v) is 17.4. The summed E-state index contributed by atoms with van der Waals surface area (Å²) in [4.78, 5) is 4.70. The molecule has 6 nitrogen and oxygen atoms in total. The monoisotopic (exact) mass is 780 g/mol. The smallest absolute Gasteiger partial charge is 0.191 e. The Morgan fingerprint density at radius 1 is 0.327 bits per heavy atom. The maximum atomic E-state index is 10.7. The number of hydrogen-bond donors (Lipinski definition) is 5. The van der Waals surface area contributed by atoms with Gasteiger partial charge in [-0.3, -0.25) is 4.99 Å². The molecule has 0 fully saturated rings. The lowest BCUT2D eigenvalue weighted by Crippen LogP contribution is -2.44. The van der Waals surface area contributed by atoms with Gasteiger partial charge in [-0.15, -0.1) is 0 Å². The maximum absolute atomic E-state index is 10.7. The van der Waals surface area contributed by atoms with Crippen molar-refractivity contribution in [2.75, 3.05) is 19.6 Å². The van der Waals surface area contributed by atoms with E-state index in [4.69, 9.17) is 4.99 Å². The van der Waals surface area contributed by atoms with E-state index < -0.39 is 18.3 Å². The van der Waals surface area contributed by atoms with Crippen molar-refractivity contribution in [1.82, 2.24) is 10.6 Å². The summed E-state index contributed by atoms with van der Waals surface area (Å²) >= 11 is 0. The molecule has 0 rings (SSSR count). The van der Waals surface area contributed by atoms with Crippen molar-refractivity contribution >= 4 is 5.96 Å². The van der Waals surface area contributed by atoms with Crippen LogP contribution in [0.25, 0.3) is 0 Å². The number of nitrogens with zero attached hydrogens (tertiary/aromatic N) is 1. The van der Waals surface area contributed by atoms with Crippen molar-refractivity contribution in [3.63, 3.8) is 0 Å². The van der Waals surface area contributed by atoms with Gasteiger partial charge < -0.3 is 26.0 Å². The van der Waals surface area contributed by atoms with Gasteiger partial charge in [-0.2, -0.15) is 0 Å². The Labute approximate surface area is 345 Å². The highest BCUT2D eigenvalue weighted by molar-refractivity contribution is 5.79. The molecule has 330 valence electrons. The number of nitrogens with one attached hydrogen (secondary N) is 2. The first-order valence-electron chi connectivity index (χ1n) is 25.1. The fourth-order valence-corrected chi connectivity index (χ4v) is 7.76. The lowest BCUT2D eigenvalue weighted by atomic mass is 10.0. The van der Waals surface area contributed by atoms with Crippen molar-refractivity contribution in [2.24, 2.45) is 4.99 Å². The molecule has 0 aromatic rings. The normalized spacial score (nSPS) is 13.2. The fourth-order valence-electron chi connectivity index (χ4n) is 7.76. The molecule has 0 saturated carbocycles. The zero-order valence-corrected chi connectivity index (χ0v) is 37.7. The van der Waals surface area contributed by atoms with E-state index in [1.165, 1.54) is 212 Å². The van der Waals surface area contributed by atoms with E-state index in [1.807, 2.05) is 0 Å². The van der Waals surface area contributed by atoms with Crippen molar-refractivity contribution in [3.8, 4) is 0 Å². The van der Waals surface area contributed by atoms with Gasteiger partial charge in [0.05, 0.1) is 24.9 Å². The summed E-state index contributed by atoms with van der Waals surface area (Å²) in [6.45, 7) is 8.06. The second-order valence-electron chi connectivity index (χ2n) is 17.4. The molecule has 5 N–H and O–H groups in total. The van der Waals surface area contributed by atoms with Gasteiger partial charge in [0, 0.05) is 13.1 Å². The van der Waals surface area contributed by atoms with E-state index in [1.54, 1.807) is 0 Å². The average molecular weight is 780 g/mol. The van der Waals surface area contributed by atoms with Crippen LogP contribution in [0.2, 0.25) is 0 Å². The largest absolute Gasteiger partial charge is 0.391 e. The Bertz CT molecular complexity index is 711.